The van der Waals surface area contributed by atoms with E-state index in [0.29, 0.717) is 68.5 Å². The van der Waals surface area contributed by atoms with Crippen LogP contribution in [0.15, 0.2) is 24.3 Å². The molecule has 0 radical (unpaired) electrons. The highest BCUT2D eigenvalue weighted by molar-refractivity contribution is 5.92. The molecule has 1 unspecified atom stereocenters. The van der Waals surface area contributed by atoms with Crippen LogP contribution < -0.4 is 15.4 Å². The van der Waals surface area contributed by atoms with E-state index in [4.69, 9.17) is 20.2 Å². The van der Waals surface area contributed by atoms with Crippen molar-refractivity contribution in [3.8, 4) is 11.9 Å². The van der Waals surface area contributed by atoms with E-state index in [1.54, 1.807) is 19.0 Å². The van der Waals surface area contributed by atoms with Gasteiger partial charge in [-0.05, 0) is 62.8 Å². The lowest BCUT2D eigenvalue weighted by molar-refractivity contribution is -0.0855. The molecule has 5 aliphatic rings. The summed E-state index contributed by atoms with van der Waals surface area (Å²) in [4.78, 5) is 24.0. The van der Waals surface area contributed by atoms with Crippen LogP contribution in [0.5, 0.6) is 5.88 Å². The molecule has 12 heteroatoms. The van der Waals surface area contributed by atoms with Crippen molar-refractivity contribution in [1.82, 2.24) is 24.6 Å². The molecule has 0 bridgehead atoms. The van der Waals surface area contributed by atoms with E-state index in [-0.39, 0.29) is 11.4 Å². The number of aryl methyl sites for hydroxylation is 2. The minimum atomic E-state index is -0.836. The summed E-state index contributed by atoms with van der Waals surface area (Å²) < 4.78 is 30.0. The SMILES string of the molecule is CN(C)C(=O)c1cc2n(n1)CCCN(c1cc(OC[C@@]34CCCN3C[C@H](F)C4)nc3c1COC1(CCCc4ccc(N)c(C#N)c41)C3)C2. The number of rotatable bonds is 5. The van der Waals surface area contributed by atoms with Crippen LogP contribution in [0.1, 0.15) is 82.7 Å². The number of carbonyl (C=O) groups is 1. The lowest BCUT2D eigenvalue weighted by atomic mass is 9.72. The lowest BCUT2D eigenvalue weighted by Gasteiger charge is -2.43. The zero-order chi connectivity index (χ0) is 33.2. The van der Waals surface area contributed by atoms with Crippen LogP contribution in [-0.4, -0.2) is 82.5 Å². The fourth-order valence-electron chi connectivity index (χ4n) is 8.96. The van der Waals surface area contributed by atoms with Gasteiger partial charge in [0.1, 0.15) is 24.4 Å². The highest BCUT2D eigenvalue weighted by Crippen LogP contribution is 2.49. The number of nitriles is 1. The third-order valence-corrected chi connectivity index (χ3v) is 11.3. The first kappa shape index (κ1) is 31.1. The van der Waals surface area contributed by atoms with Gasteiger partial charge in [-0.2, -0.15) is 10.4 Å². The summed E-state index contributed by atoms with van der Waals surface area (Å²) in [6, 6.07) is 10.1. The molecule has 0 saturated carbocycles. The minimum Gasteiger partial charge on any atom is -0.476 e. The zero-order valence-electron chi connectivity index (χ0n) is 27.8. The van der Waals surface area contributed by atoms with Crippen LogP contribution >= 0.6 is 0 Å². The Morgan fingerprint density at radius 2 is 2.08 bits per heavy atom. The molecule has 6 heterocycles. The van der Waals surface area contributed by atoms with Crippen molar-refractivity contribution in [3.05, 3.63) is 63.6 Å². The molecule has 3 aromatic rings. The molecule has 2 N–H and O–H groups in total. The maximum Gasteiger partial charge on any atom is 0.273 e. The van der Waals surface area contributed by atoms with E-state index in [0.717, 1.165) is 85.4 Å². The van der Waals surface area contributed by atoms with Crippen molar-refractivity contribution in [1.29, 1.82) is 5.26 Å². The van der Waals surface area contributed by atoms with Crippen molar-refractivity contribution >= 4 is 17.3 Å². The first-order chi connectivity index (χ1) is 23.2. The van der Waals surface area contributed by atoms with E-state index in [1.165, 1.54) is 0 Å². The van der Waals surface area contributed by atoms with Gasteiger partial charge in [-0.3, -0.25) is 14.4 Å². The van der Waals surface area contributed by atoms with Crippen LogP contribution in [0.25, 0.3) is 0 Å². The van der Waals surface area contributed by atoms with Crippen molar-refractivity contribution < 1.29 is 18.7 Å². The first-order valence-electron chi connectivity index (χ1n) is 17.2. The molecule has 4 aliphatic heterocycles. The molecule has 8 rings (SSSR count). The number of anilines is 2. The number of aromatic nitrogens is 3. The average Bonchev–Trinajstić information content (AvgIpc) is 3.70. The minimum absolute atomic E-state index is 0.120. The topological polar surface area (TPSA) is 126 Å². The number of pyridine rings is 1. The number of benzene rings is 1. The fourth-order valence-corrected chi connectivity index (χ4v) is 8.96. The highest BCUT2D eigenvalue weighted by Gasteiger charge is 2.50. The number of nitrogens with zero attached hydrogens (tertiary/aromatic N) is 7. The van der Waals surface area contributed by atoms with Gasteiger partial charge in [-0.1, -0.05) is 6.07 Å². The third kappa shape index (κ3) is 5.10. The highest BCUT2D eigenvalue weighted by atomic mass is 19.1. The number of carbonyl (C=O) groups excluding carboxylic acids is 1. The van der Waals surface area contributed by atoms with Gasteiger partial charge in [-0.15, -0.1) is 0 Å². The van der Waals surface area contributed by atoms with E-state index in [9.17, 15) is 14.4 Å². The largest absolute Gasteiger partial charge is 0.476 e. The summed E-state index contributed by atoms with van der Waals surface area (Å²) in [5, 5.41) is 14.8. The quantitative estimate of drug-likeness (QED) is 0.405. The van der Waals surface area contributed by atoms with Gasteiger partial charge in [0.15, 0.2) is 5.69 Å². The molecule has 2 saturated heterocycles. The summed E-state index contributed by atoms with van der Waals surface area (Å²) in [6.45, 7) is 4.14. The van der Waals surface area contributed by atoms with Crippen LogP contribution in [0.4, 0.5) is 15.8 Å². The number of hydrogen-bond donors (Lipinski definition) is 1. The van der Waals surface area contributed by atoms with Gasteiger partial charge >= 0.3 is 0 Å². The molecule has 1 spiro atoms. The normalized spacial score (nSPS) is 26.3. The predicted octanol–water partition coefficient (Wildman–Crippen LogP) is 4.10. The van der Waals surface area contributed by atoms with Crippen molar-refractivity contribution in [2.24, 2.45) is 0 Å². The van der Waals surface area contributed by atoms with Crippen LogP contribution in [0.2, 0.25) is 0 Å². The Kier molecular flexibility index (Phi) is 7.60. The van der Waals surface area contributed by atoms with E-state index >= 15 is 0 Å². The van der Waals surface area contributed by atoms with E-state index < -0.39 is 11.8 Å². The summed E-state index contributed by atoms with van der Waals surface area (Å²) in [5.74, 6) is 0.403. The lowest BCUT2D eigenvalue weighted by Crippen LogP contribution is -2.43. The standard InChI is InChI=1S/C36H43FN8O3/c1-42(2)34(46)29-14-25-20-43(11-5-13-45(25)41-29)31-15-32(47-22-35-9-4-12-44(35)19-24(37)16-35)40-30-17-36(48-21-27(30)31)10-3-6-23-7-8-28(39)26(18-38)33(23)36/h7-8,14-15,24H,3-6,9-13,16-17,19-22,39H2,1-2H3/t24-,35+,36?/m1/s1. The van der Waals surface area contributed by atoms with Crippen molar-refractivity contribution in [2.45, 2.75) is 88.4 Å². The molecule has 252 valence electrons. The van der Waals surface area contributed by atoms with Gasteiger partial charge < -0.3 is 25.0 Å². The van der Waals surface area contributed by atoms with Crippen LogP contribution in [0.3, 0.4) is 0 Å². The molecule has 1 aliphatic carbocycles. The number of alkyl halides is 1. The summed E-state index contributed by atoms with van der Waals surface area (Å²) in [6.07, 6.45) is 5.53. The Morgan fingerprint density at radius 1 is 1.21 bits per heavy atom. The number of hydrogen-bond acceptors (Lipinski definition) is 9. The first-order valence-corrected chi connectivity index (χ1v) is 17.2. The Bertz CT molecular complexity index is 1820. The number of ether oxygens (including phenoxy) is 2. The smallest absolute Gasteiger partial charge is 0.273 e. The number of nitrogen functional groups attached to an aromatic ring is 1. The Morgan fingerprint density at radius 3 is 2.92 bits per heavy atom. The molecule has 2 fully saturated rings. The molecule has 1 amide bonds. The molecular formula is C36H43FN8O3. The van der Waals surface area contributed by atoms with Gasteiger partial charge in [0.2, 0.25) is 5.88 Å². The number of amides is 1. The second kappa shape index (κ2) is 11.7. The second-order valence-corrected chi connectivity index (χ2v) is 14.5. The predicted molar refractivity (Wildman–Crippen MR) is 177 cm³/mol. The molecule has 3 atom stereocenters. The number of nitrogens with two attached hydrogens (primary N) is 1. The average molecular weight is 655 g/mol. The number of halogens is 1. The molecular weight excluding hydrogens is 611 g/mol. The molecule has 1 aromatic carbocycles. The maximum absolute atomic E-state index is 14.6. The van der Waals surface area contributed by atoms with Crippen molar-refractivity contribution in [3.63, 3.8) is 0 Å². The number of fused-ring (bicyclic) bond motifs is 5. The van der Waals surface area contributed by atoms with Crippen LogP contribution in [0, 0.1) is 11.3 Å². The van der Waals surface area contributed by atoms with Gasteiger partial charge in [0, 0.05) is 75.1 Å². The third-order valence-electron chi connectivity index (χ3n) is 11.3. The summed E-state index contributed by atoms with van der Waals surface area (Å²) in [5.41, 5.74) is 12.6. The summed E-state index contributed by atoms with van der Waals surface area (Å²) >= 11 is 0. The fraction of sp³-hybridized carbons (Fsp3) is 0.556. The molecule has 48 heavy (non-hydrogen) atoms. The van der Waals surface area contributed by atoms with Gasteiger partial charge in [-0.25, -0.2) is 9.37 Å². The second-order valence-electron chi connectivity index (χ2n) is 14.5. The van der Waals surface area contributed by atoms with Gasteiger partial charge in [0.05, 0.1) is 35.6 Å². The zero-order valence-corrected chi connectivity index (χ0v) is 27.8. The molecule has 2 aromatic heterocycles. The molecule has 11 nitrogen and oxygen atoms in total. The Balaban J connectivity index is 1.18. The Labute approximate surface area is 280 Å². The Hall–Kier alpha value is -4.21. The van der Waals surface area contributed by atoms with Crippen molar-refractivity contribution in [2.75, 3.05) is 51.0 Å². The van der Waals surface area contributed by atoms with Crippen LogP contribution in [-0.2, 0) is 42.9 Å². The summed E-state index contributed by atoms with van der Waals surface area (Å²) in [7, 11) is 3.47. The van der Waals surface area contributed by atoms with E-state index in [2.05, 4.69) is 21.0 Å². The van der Waals surface area contributed by atoms with E-state index in [1.807, 2.05) is 28.9 Å². The monoisotopic (exact) mass is 654 g/mol. The van der Waals surface area contributed by atoms with Gasteiger partial charge in [0.25, 0.3) is 5.91 Å². The maximum atomic E-state index is 14.6.